The third-order valence-electron chi connectivity index (χ3n) is 5.83. The molecule has 1 amide bonds. The first kappa shape index (κ1) is 15.2. The van der Waals surface area contributed by atoms with Crippen LogP contribution in [0.1, 0.15) is 30.4 Å². The fourth-order valence-electron chi connectivity index (χ4n) is 4.55. The zero-order chi connectivity index (χ0) is 15.8. The Morgan fingerprint density at radius 1 is 1.00 bits per heavy atom. The molecule has 1 N–H and O–H groups in total. The highest BCUT2D eigenvalue weighted by Gasteiger charge is 2.40. The first-order chi connectivity index (χ1) is 11.2. The van der Waals surface area contributed by atoms with Crippen LogP contribution in [-0.2, 0) is 17.6 Å². The van der Waals surface area contributed by atoms with Crippen molar-refractivity contribution >= 4 is 5.91 Å². The molecule has 2 atom stereocenters. The topological polar surface area (TPSA) is 43.8 Å². The molecular weight excluding hydrogens is 288 g/mol. The number of benzene rings is 1. The van der Waals surface area contributed by atoms with Gasteiger partial charge in [-0.1, -0.05) is 30.7 Å². The lowest BCUT2D eigenvalue weighted by molar-refractivity contribution is -0.134. The van der Waals surface area contributed by atoms with E-state index in [1.807, 2.05) is 4.90 Å². The van der Waals surface area contributed by atoms with Crippen molar-refractivity contribution in [2.45, 2.75) is 44.2 Å². The number of carbonyl (C=O) groups excluding carboxylic acids is 1. The summed E-state index contributed by atoms with van der Waals surface area (Å²) in [6, 6.07) is 8.52. The first-order valence-corrected chi connectivity index (χ1v) is 9.00. The minimum atomic E-state index is -0.388. The van der Waals surface area contributed by atoms with Crippen molar-refractivity contribution in [2.24, 2.45) is 5.92 Å². The molecule has 0 radical (unpaired) electrons. The maximum atomic E-state index is 12.9. The molecule has 2 aliphatic heterocycles. The highest BCUT2D eigenvalue weighted by Crippen LogP contribution is 2.30. The molecule has 1 aromatic rings. The van der Waals surface area contributed by atoms with Gasteiger partial charge in [-0.2, -0.15) is 0 Å². The maximum Gasteiger partial charge on any atom is 0.226 e. The normalized spacial score (nSPS) is 29.0. The van der Waals surface area contributed by atoms with Crippen LogP contribution in [0, 0.1) is 5.92 Å². The summed E-state index contributed by atoms with van der Waals surface area (Å²) in [6.45, 7) is 3.34. The SMILES string of the molecule is O=C(C1Cc2ccccc2C1)N1C[C@H](O)[C@@H](N2CCCCC2)C1. The van der Waals surface area contributed by atoms with Gasteiger partial charge in [0.2, 0.25) is 5.91 Å². The average Bonchev–Trinajstić information content (AvgIpc) is 3.18. The summed E-state index contributed by atoms with van der Waals surface area (Å²) in [5.74, 6) is 0.305. The first-order valence-electron chi connectivity index (χ1n) is 9.00. The van der Waals surface area contributed by atoms with E-state index in [-0.39, 0.29) is 24.0 Å². The molecule has 2 fully saturated rings. The number of aliphatic hydroxyl groups excluding tert-OH is 1. The van der Waals surface area contributed by atoms with Crippen LogP contribution in [0.4, 0.5) is 0 Å². The van der Waals surface area contributed by atoms with Crippen molar-refractivity contribution in [3.63, 3.8) is 0 Å². The van der Waals surface area contributed by atoms with Crippen LogP contribution in [0.15, 0.2) is 24.3 Å². The molecule has 3 aliphatic rings. The number of hydrogen-bond donors (Lipinski definition) is 1. The van der Waals surface area contributed by atoms with Crippen molar-refractivity contribution in [3.8, 4) is 0 Å². The van der Waals surface area contributed by atoms with Crippen LogP contribution < -0.4 is 0 Å². The van der Waals surface area contributed by atoms with Gasteiger partial charge in [0, 0.05) is 19.0 Å². The van der Waals surface area contributed by atoms with E-state index in [0.717, 1.165) is 25.9 Å². The Bertz CT molecular complexity index is 557. The van der Waals surface area contributed by atoms with E-state index in [2.05, 4.69) is 29.2 Å². The molecule has 2 saturated heterocycles. The summed E-state index contributed by atoms with van der Waals surface area (Å²) in [6.07, 6.45) is 5.05. The summed E-state index contributed by atoms with van der Waals surface area (Å²) >= 11 is 0. The predicted octanol–water partition coefficient (Wildman–Crippen LogP) is 1.46. The van der Waals surface area contributed by atoms with E-state index in [1.54, 1.807) is 0 Å². The van der Waals surface area contributed by atoms with E-state index in [0.29, 0.717) is 13.1 Å². The number of β-amino-alcohol motifs (C(OH)–C–C–N with tert-alkyl or cyclic N) is 1. The average molecular weight is 314 g/mol. The zero-order valence-electron chi connectivity index (χ0n) is 13.7. The number of likely N-dealkylation sites (tertiary alicyclic amines) is 2. The lowest BCUT2D eigenvalue weighted by atomic mass is 10.0. The van der Waals surface area contributed by atoms with Crippen molar-refractivity contribution in [1.82, 2.24) is 9.80 Å². The Hall–Kier alpha value is -1.39. The molecule has 23 heavy (non-hydrogen) atoms. The molecule has 0 spiro atoms. The van der Waals surface area contributed by atoms with Crippen molar-refractivity contribution in [1.29, 1.82) is 0 Å². The van der Waals surface area contributed by atoms with Crippen LogP contribution in [0.2, 0.25) is 0 Å². The number of hydrogen-bond acceptors (Lipinski definition) is 3. The van der Waals surface area contributed by atoms with Crippen molar-refractivity contribution in [3.05, 3.63) is 35.4 Å². The Balaban J connectivity index is 1.40. The maximum absolute atomic E-state index is 12.9. The van der Waals surface area contributed by atoms with Gasteiger partial charge in [0.25, 0.3) is 0 Å². The lowest BCUT2D eigenvalue weighted by Crippen LogP contribution is -2.46. The third-order valence-corrected chi connectivity index (χ3v) is 5.83. The van der Waals surface area contributed by atoms with E-state index < -0.39 is 0 Å². The second-order valence-corrected chi connectivity index (χ2v) is 7.35. The van der Waals surface area contributed by atoms with Crippen LogP contribution >= 0.6 is 0 Å². The fraction of sp³-hybridized carbons (Fsp3) is 0.632. The number of carbonyl (C=O) groups is 1. The van der Waals surface area contributed by atoms with Gasteiger partial charge in [-0.05, 0) is 49.9 Å². The fourth-order valence-corrected chi connectivity index (χ4v) is 4.55. The quantitative estimate of drug-likeness (QED) is 0.899. The Labute approximate surface area is 138 Å². The van der Waals surface area contributed by atoms with E-state index >= 15 is 0 Å². The van der Waals surface area contributed by atoms with Gasteiger partial charge in [0.15, 0.2) is 0 Å². The smallest absolute Gasteiger partial charge is 0.226 e. The molecule has 124 valence electrons. The molecule has 4 heteroatoms. The molecule has 4 nitrogen and oxygen atoms in total. The number of fused-ring (bicyclic) bond motifs is 1. The lowest BCUT2D eigenvalue weighted by Gasteiger charge is -2.33. The molecule has 4 rings (SSSR count). The second kappa shape index (κ2) is 6.25. The van der Waals surface area contributed by atoms with Gasteiger partial charge in [-0.15, -0.1) is 0 Å². The van der Waals surface area contributed by atoms with Gasteiger partial charge in [0.05, 0.1) is 12.1 Å². The van der Waals surface area contributed by atoms with E-state index in [1.165, 1.54) is 30.4 Å². The highest BCUT2D eigenvalue weighted by atomic mass is 16.3. The number of nitrogens with zero attached hydrogens (tertiary/aromatic N) is 2. The summed E-state index contributed by atoms with van der Waals surface area (Å²) in [4.78, 5) is 17.2. The van der Waals surface area contributed by atoms with E-state index in [4.69, 9.17) is 0 Å². The van der Waals surface area contributed by atoms with Gasteiger partial charge in [-0.3, -0.25) is 9.69 Å². The third kappa shape index (κ3) is 2.90. The van der Waals surface area contributed by atoms with Crippen LogP contribution in [0.3, 0.4) is 0 Å². The molecular formula is C19H26N2O2. The second-order valence-electron chi connectivity index (χ2n) is 7.35. The van der Waals surface area contributed by atoms with Crippen LogP contribution in [-0.4, -0.2) is 59.1 Å². The Kier molecular flexibility index (Phi) is 4.12. The Morgan fingerprint density at radius 2 is 1.65 bits per heavy atom. The summed E-state index contributed by atoms with van der Waals surface area (Å²) in [5, 5.41) is 10.4. The molecule has 1 aromatic carbocycles. The predicted molar refractivity (Wildman–Crippen MR) is 89.1 cm³/mol. The van der Waals surface area contributed by atoms with Crippen molar-refractivity contribution in [2.75, 3.05) is 26.2 Å². The number of piperidine rings is 1. The number of rotatable bonds is 2. The monoisotopic (exact) mass is 314 g/mol. The highest BCUT2D eigenvalue weighted by molar-refractivity contribution is 5.81. The summed E-state index contributed by atoms with van der Waals surface area (Å²) in [5.41, 5.74) is 2.64. The van der Waals surface area contributed by atoms with Gasteiger partial charge >= 0.3 is 0 Å². The van der Waals surface area contributed by atoms with E-state index in [9.17, 15) is 9.90 Å². The van der Waals surface area contributed by atoms with Crippen LogP contribution in [0.25, 0.3) is 0 Å². The van der Waals surface area contributed by atoms with Gasteiger partial charge in [0.1, 0.15) is 0 Å². The molecule has 0 unspecified atom stereocenters. The summed E-state index contributed by atoms with van der Waals surface area (Å²) < 4.78 is 0. The molecule has 1 aliphatic carbocycles. The molecule has 0 aromatic heterocycles. The minimum Gasteiger partial charge on any atom is -0.390 e. The van der Waals surface area contributed by atoms with Gasteiger partial charge in [-0.25, -0.2) is 0 Å². The van der Waals surface area contributed by atoms with Crippen LogP contribution in [0.5, 0.6) is 0 Å². The Morgan fingerprint density at radius 3 is 2.30 bits per heavy atom. The largest absolute Gasteiger partial charge is 0.390 e. The number of aliphatic hydroxyl groups is 1. The van der Waals surface area contributed by atoms with Gasteiger partial charge < -0.3 is 10.0 Å². The molecule has 0 bridgehead atoms. The zero-order valence-corrected chi connectivity index (χ0v) is 13.7. The minimum absolute atomic E-state index is 0.0692. The molecule has 2 heterocycles. The van der Waals surface area contributed by atoms with Crippen molar-refractivity contribution < 1.29 is 9.90 Å². The standard InChI is InChI=1S/C19H26N2O2/c22-18-13-21(12-17(18)20-8-4-1-5-9-20)19(23)16-10-14-6-2-3-7-15(14)11-16/h2-3,6-7,16-18,22H,1,4-5,8-13H2/t17-,18-/m0/s1. The summed E-state index contributed by atoms with van der Waals surface area (Å²) in [7, 11) is 0. The molecule has 0 saturated carbocycles. The number of amides is 1.